The van der Waals surface area contributed by atoms with Crippen molar-refractivity contribution in [3.8, 4) is 0 Å². The molecule has 2 fully saturated rings. The monoisotopic (exact) mass is 277 g/mol. The van der Waals surface area contributed by atoms with E-state index in [0.717, 1.165) is 51.7 Å². The number of aromatic nitrogens is 3. The van der Waals surface area contributed by atoms with Crippen LogP contribution in [0.3, 0.4) is 0 Å². The summed E-state index contributed by atoms with van der Waals surface area (Å²) in [6.45, 7) is 2.61. The molecular weight excluding hydrogens is 254 g/mol. The number of hydrogen-bond donors (Lipinski definition) is 1. The average Bonchev–Trinajstić information content (AvgIpc) is 3.10. The molecule has 0 bridgehead atoms. The normalized spacial score (nSPS) is 30.6. The van der Waals surface area contributed by atoms with Crippen molar-refractivity contribution in [2.75, 3.05) is 13.1 Å². The third-order valence-corrected chi connectivity index (χ3v) is 4.56. The zero-order valence-corrected chi connectivity index (χ0v) is 11.8. The summed E-state index contributed by atoms with van der Waals surface area (Å²) >= 11 is 0. The number of likely N-dealkylation sites (tertiary alicyclic amines) is 1. The van der Waals surface area contributed by atoms with Gasteiger partial charge in [-0.15, -0.1) is 0 Å². The first-order valence-corrected chi connectivity index (χ1v) is 7.59. The first-order chi connectivity index (χ1) is 9.72. The molecule has 0 aromatic carbocycles. The molecule has 0 radical (unpaired) electrons. The second-order valence-electron chi connectivity index (χ2n) is 6.18. The molecule has 6 heteroatoms. The predicted octanol–water partition coefficient (Wildman–Crippen LogP) is 0.644. The van der Waals surface area contributed by atoms with E-state index in [0.29, 0.717) is 11.8 Å². The van der Waals surface area contributed by atoms with Crippen molar-refractivity contribution >= 4 is 5.91 Å². The molecule has 3 rings (SSSR count). The summed E-state index contributed by atoms with van der Waals surface area (Å²) in [5, 5.41) is 4.15. The number of amides is 1. The molecule has 1 amide bonds. The summed E-state index contributed by atoms with van der Waals surface area (Å²) in [6.07, 6.45) is 8.38. The summed E-state index contributed by atoms with van der Waals surface area (Å²) in [5.74, 6) is 0.973. The highest BCUT2D eigenvalue weighted by Crippen LogP contribution is 2.28. The molecule has 1 saturated carbocycles. The van der Waals surface area contributed by atoms with E-state index in [1.807, 2.05) is 9.58 Å². The summed E-state index contributed by atoms with van der Waals surface area (Å²) in [7, 11) is 0. The fourth-order valence-electron chi connectivity index (χ4n) is 3.50. The third kappa shape index (κ3) is 3.00. The minimum absolute atomic E-state index is 0.162. The summed E-state index contributed by atoms with van der Waals surface area (Å²) in [4.78, 5) is 18.5. The molecule has 1 aromatic heterocycles. The quantitative estimate of drug-likeness (QED) is 0.879. The molecule has 2 aliphatic rings. The molecule has 0 unspecified atom stereocenters. The number of hydrogen-bond acceptors (Lipinski definition) is 4. The standard InChI is InChI=1S/C14H23N5O/c15-13-4-3-12(6-13)14(20)18-5-1-2-11(7-18)8-19-10-16-9-17-19/h9-13H,1-8,15H2/t11-,12+,13-/m1/s1. The Morgan fingerprint density at radius 1 is 1.35 bits per heavy atom. The van der Waals surface area contributed by atoms with E-state index in [1.54, 1.807) is 12.7 Å². The fraction of sp³-hybridized carbons (Fsp3) is 0.786. The highest BCUT2D eigenvalue weighted by Gasteiger charge is 2.33. The van der Waals surface area contributed by atoms with Crippen LogP contribution in [-0.2, 0) is 11.3 Å². The Kier molecular flexibility index (Phi) is 4.00. The van der Waals surface area contributed by atoms with E-state index >= 15 is 0 Å². The Balaban J connectivity index is 1.56. The smallest absolute Gasteiger partial charge is 0.225 e. The van der Waals surface area contributed by atoms with Gasteiger partial charge in [0.25, 0.3) is 0 Å². The van der Waals surface area contributed by atoms with Crippen LogP contribution in [0, 0.1) is 11.8 Å². The molecule has 20 heavy (non-hydrogen) atoms. The molecule has 6 nitrogen and oxygen atoms in total. The number of piperidine rings is 1. The topological polar surface area (TPSA) is 77.0 Å². The van der Waals surface area contributed by atoms with Gasteiger partial charge >= 0.3 is 0 Å². The van der Waals surface area contributed by atoms with E-state index in [-0.39, 0.29) is 12.0 Å². The van der Waals surface area contributed by atoms with Crippen molar-refractivity contribution in [2.45, 2.75) is 44.7 Å². The number of nitrogens with two attached hydrogens (primary N) is 1. The minimum atomic E-state index is 0.162. The Labute approximate surface area is 119 Å². The maximum Gasteiger partial charge on any atom is 0.225 e. The van der Waals surface area contributed by atoms with Crippen molar-refractivity contribution in [3.05, 3.63) is 12.7 Å². The van der Waals surface area contributed by atoms with Crippen LogP contribution in [0.15, 0.2) is 12.7 Å². The fourth-order valence-corrected chi connectivity index (χ4v) is 3.50. The van der Waals surface area contributed by atoms with Crippen molar-refractivity contribution in [3.63, 3.8) is 0 Å². The van der Waals surface area contributed by atoms with Crippen LogP contribution < -0.4 is 5.73 Å². The third-order valence-electron chi connectivity index (χ3n) is 4.56. The summed E-state index contributed by atoms with van der Waals surface area (Å²) in [6, 6.07) is 0.222. The van der Waals surface area contributed by atoms with Gasteiger partial charge in [0.2, 0.25) is 5.91 Å². The second-order valence-corrected chi connectivity index (χ2v) is 6.18. The van der Waals surface area contributed by atoms with Crippen LogP contribution in [0.25, 0.3) is 0 Å². The number of nitrogens with zero attached hydrogens (tertiary/aromatic N) is 4. The number of carbonyl (C=O) groups is 1. The Hall–Kier alpha value is -1.43. The van der Waals surface area contributed by atoms with Gasteiger partial charge in [-0.3, -0.25) is 9.48 Å². The molecule has 1 aromatic rings. The van der Waals surface area contributed by atoms with Crippen LogP contribution >= 0.6 is 0 Å². The lowest BCUT2D eigenvalue weighted by Gasteiger charge is -2.34. The highest BCUT2D eigenvalue weighted by molar-refractivity contribution is 5.79. The largest absolute Gasteiger partial charge is 0.342 e. The predicted molar refractivity (Wildman–Crippen MR) is 74.6 cm³/mol. The summed E-state index contributed by atoms with van der Waals surface area (Å²) in [5.41, 5.74) is 5.92. The molecule has 1 saturated heterocycles. The van der Waals surface area contributed by atoms with Gasteiger partial charge in [0, 0.05) is 31.6 Å². The zero-order valence-electron chi connectivity index (χ0n) is 11.8. The Bertz CT molecular complexity index is 446. The van der Waals surface area contributed by atoms with Crippen molar-refractivity contribution in [1.82, 2.24) is 19.7 Å². The van der Waals surface area contributed by atoms with Crippen molar-refractivity contribution in [2.24, 2.45) is 17.6 Å². The van der Waals surface area contributed by atoms with Gasteiger partial charge in [0.15, 0.2) is 0 Å². The van der Waals surface area contributed by atoms with Gasteiger partial charge in [-0.25, -0.2) is 4.98 Å². The Morgan fingerprint density at radius 3 is 2.95 bits per heavy atom. The maximum atomic E-state index is 12.5. The molecule has 1 aliphatic carbocycles. The van der Waals surface area contributed by atoms with Crippen molar-refractivity contribution < 1.29 is 4.79 Å². The molecule has 2 heterocycles. The van der Waals surface area contributed by atoms with Gasteiger partial charge in [0.05, 0.1) is 0 Å². The van der Waals surface area contributed by atoms with Crippen LogP contribution in [0.5, 0.6) is 0 Å². The number of carbonyl (C=O) groups excluding carboxylic acids is 1. The highest BCUT2D eigenvalue weighted by atomic mass is 16.2. The van der Waals surface area contributed by atoms with E-state index in [1.165, 1.54) is 0 Å². The van der Waals surface area contributed by atoms with Crippen LogP contribution in [0.4, 0.5) is 0 Å². The molecule has 110 valence electrons. The Morgan fingerprint density at radius 2 is 2.25 bits per heavy atom. The lowest BCUT2D eigenvalue weighted by molar-refractivity contribution is -0.137. The first kappa shape index (κ1) is 13.5. The lowest BCUT2D eigenvalue weighted by atomic mass is 9.96. The van der Waals surface area contributed by atoms with Crippen molar-refractivity contribution in [1.29, 1.82) is 0 Å². The molecule has 2 N–H and O–H groups in total. The van der Waals surface area contributed by atoms with Crippen LogP contribution in [0.1, 0.15) is 32.1 Å². The van der Waals surface area contributed by atoms with E-state index in [2.05, 4.69) is 10.1 Å². The molecule has 3 atom stereocenters. The van der Waals surface area contributed by atoms with Crippen LogP contribution in [0.2, 0.25) is 0 Å². The zero-order chi connectivity index (χ0) is 13.9. The van der Waals surface area contributed by atoms with Gasteiger partial charge in [-0.05, 0) is 38.0 Å². The van der Waals surface area contributed by atoms with Gasteiger partial charge in [0.1, 0.15) is 12.7 Å². The van der Waals surface area contributed by atoms with Gasteiger partial charge < -0.3 is 10.6 Å². The average molecular weight is 277 g/mol. The van der Waals surface area contributed by atoms with Gasteiger partial charge in [-0.2, -0.15) is 5.10 Å². The van der Waals surface area contributed by atoms with E-state index < -0.39 is 0 Å². The summed E-state index contributed by atoms with van der Waals surface area (Å²) < 4.78 is 1.87. The van der Waals surface area contributed by atoms with Gasteiger partial charge in [-0.1, -0.05) is 0 Å². The van der Waals surface area contributed by atoms with Crippen LogP contribution in [-0.4, -0.2) is 44.7 Å². The second kappa shape index (κ2) is 5.91. The maximum absolute atomic E-state index is 12.5. The SMILES string of the molecule is N[C@@H]1CC[C@H](C(=O)N2CCC[C@@H](Cn3cncn3)C2)C1. The minimum Gasteiger partial charge on any atom is -0.342 e. The molecular formula is C14H23N5O. The lowest BCUT2D eigenvalue weighted by Crippen LogP contribution is -2.43. The van der Waals surface area contributed by atoms with E-state index in [9.17, 15) is 4.79 Å². The first-order valence-electron chi connectivity index (χ1n) is 7.59. The number of rotatable bonds is 3. The van der Waals surface area contributed by atoms with E-state index in [4.69, 9.17) is 5.73 Å². The molecule has 1 aliphatic heterocycles. The molecule has 0 spiro atoms.